The molecule has 0 spiro atoms. The van der Waals surface area contributed by atoms with Gasteiger partial charge in [0.25, 0.3) is 0 Å². The topological polar surface area (TPSA) is 85.8 Å². The number of halogens is 2. The minimum absolute atomic E-state index is 0. The quantitative estimate of drug-likeness (QED) is 0.831. The Morgan fingerprint density at radius 3 is 2.65 bits per heavy atom. The van der Waals surface area contributed by atoms with Crippen molar-refractivity contribution in [1.82, 2.24) is 14.8 Å². The van der Waals surface area contributed by atoms with Gasteiger partial charge in [-0.15, -0.1) is 17.5 Å². The third-order valence-electron chi connectivity index (χ3n) is 3.31. The number of aromatic nitrogens is 3. The molecule has 0 saturated carbocycles. The minimum atomic E-state index is -0.920. The maximum Gasteiger partial charge on any atom is 0.248 e. The second-order valence-electron chi connectivity index (χ2n) is 5.51. The lowest BCUT2D eigenvalue weighted by Crippen LogP contribution is -2.48. The van der Waals surface area contributed by atoms with Crippen LogP contribution in [0.15, 0.2) is 30.6 Å². The average Bonchev–Trinajstić information content (AvgIpc) is 2.88. The van der Waals surface area contributed by atoms with Crippen LogP contribution in [0.2, 0.25) is 5.02 Å². The third kappa shape index (κ3) is 5.49. The van der Waals surface area contributed by atoms with Crippen molar-refractivity contribution in [2.45, 2.75) is 38.8 Å². The highest BCUT2D eigenvalue weighted by atomic mass is 35.5. The fourth-order valence-corrected chi connectivity index (χ4v) is 2.21. The SMILES string of the molecule is CCCC(C)(N)C(=O)Nc1ncn(Cc2ccc(Cl)cc2)n1.Cl. The molecule has 1 aromatic heterocycles. The summed E-state index contributed by atoms with van der Waals surface area (Å²) in [5, 5.41) is 7.57. The molecular formula is C15H21Cl2N5O. The fraction of sp³-hybridized carbons (Fsp3) is 0.400. The molecule has 1 amide bonds. The van der Waals surface area contributed by atoms with E-state index in [0.717, 1.165) is 12.0 Å². The summed E-state index contributed by atoms with van der Waals surface area (Å²) in [5.74, 6) is -0.0228. The molecule has 0 aliphatic heterocycles. The van der Waals surface area contributed by atoms with Crippen molar-refractivity contribution in [3.8, 4) is 0 Å². The first-order valence-electron chi connectivity index (χ1n) is 7.15. The summed E-state index contributed by atoms with van der Waals surface area (Å²) >= 11 is 5.85. The van der Waals surface area contributed by atoms with Crippen molar-refractivity contribution in [3.05, 3.63) is 41.2 Å². The van der Waals surface area contributed by atoms with Gasteiger partial charge in [0.15, 0.2) is 0 Å². The number of nitrogens with two attached hydrogens (primary N) is 1. The van der Waals surface area contributed by atoms with Crippen LogP contribution in [0.5, 0.6) is 0 Å². The zero-order chi connectivity index (χ0) is 16.2. The first-order valence-corrected chi connectivity index (χ1v) is 7.53. The maximum absolute atomic E-state index is 12.1. The Hall–Kier alpha value is -1.63. The Labute approximate surface area is 146 Å². The lowest BCUT2D eigenvalue weighted by Gasteiger charge is -2.21. The molecule has 1 heterocycles. The number of carbonyl (C=O) groups excluding carboxylic acids is 1. The van der Waals surface area contributed by atoms with E-state index in [1.807, 2.05) is 31.2 Å². The standard InChI is InChI=1S/C15H20ClN5O.ClH/c1-3-8-15(2,17)13(22)19-14-18-10-21(20-14)9-11-4-6-12(16)7-5-11;/h4-7,10H,3,8-9,17H2,1-2H3,(H,19,20,22);1H. The van der Waals surface area contributed by atoms with Gasteiger partial charge in [-0.1, -0.05) is 37.1 Å². The molecule has 0 aliphatic rings. The number of carbonyl (C=O) groups is 1. The third-order valence-corrected chi connectivity index (χ3v) is 3.56. The van der Waals surface area contributed by atoms with E-state index in [2.05, 4.69) is 15.4 Å². The van der Waals surface area contributed by atoms with E-state index in [1.54, 1.807) is 17.9 Å². The van der Waals surface area contributed by atoms with E-state index < -0.39 is 5.54 Å². The number of hydrogen-bond acceptors (Lipinski definition) is 4. The van der Waals surface area contributed by atoms with Gasteiger partial charge in [0.05, 0.1) is 12.1 Å². The van der Waals surface area contributed by atoms with E-state index in [0.29, 0.717) is 18.0 Å². The summed E-state index contributed by atoms with van der Waals surface area (Å²) in [7, 11) is 0. The van der Waals surface area contributed by atoms with Gasteiger partial charge in [-0.3, -0.25) is 10.1 Å². The summed E-state index contributed by atoms with van der Waals surface area (Å²) < 4.78 is 1.65. The summed E-state index contributed by atoms with van der Waals surface area (Å²) in [6.07, 6.45) is 3.00. The number of rotatable bonds is 6. The van der Waals surface area contributed by atoms with Crippen molar-refractivity contribution in [3.63, 3.8) is 0 Å². The number of amides is 1. The molecule has 2 aromatic rings. The Morgan fingerprint density at radius 1 is 1.39 bits per heavy atom. The highest BCUT2D eigenvalue weighted by molar-refractivity contribution is 6.30. The second-order valence-corrected chi connectivity index (χ2v) is 5.95. The normalized spacial score (nSPS) is 13.0. The average molecular weight is 358 g/mol. The highest BCUT2D eigenvalue weighted by Gasteiger charge is 2.27. The number of benzene rings is 1. The van der Waals surface area contributed by atoms with Crippen LogP contribution < -0.4 is 11.1 Å². The van der Waals surface area contributed by atoms with E-state index in [9.17, 15) is 4.79 Å². The Morgan fingerprint density at radius 2 is 2.04 bits per heavy atom. The van der Waals surface area contributed by atoms with Crippen LogP contribution in [0.4, 0.5) is 5.95 Å². The maximum atomic E-state index is 12.1. The van der Waals surface area contributed by atoms with E-state index in [-0.39, 0.29) is 24.3 Å². The van der Waals surface area contributed by atoms with Gasteiger partial charge < -0.3 is 5.73 Å². The molecule has 0 bridgehead atoms. The first-order chi connectivity index (χ1) is 10.4. The first kappa shape index (κ1) is 19.4. The predicted molar refractivity (Wildman–Crippen MR) is 94.0 cm³/mol. The molecule has 0 radical (unpaired) electrons. The van der Waals surface area contributed by atoms with Crippen molar-refractivity contribution in [1.29, 1.82) is 0 Å². The predicted octanol–water partition coefficient (Wildman–Crippen LogP) is 2.86. The number of nitrogens with one attached hydrogen (secondary N) is 1. The lowest BCUT2D eigenvalue weighted by molar-refractivity contribution is -0.120. The molecule has 2 rings (SSSR count). The summed E-state index contributed by atoms with van der Waals surface area (Å²) in [6, 6.07) is 7.48. The second kappa shape index (κ2) is 8.29. The smallest absolute Gasteiger partial charge is 0.248 e. The van der Waals surface area contributed by atoms with Gasteiger partial charge in [0, 0.05) is 5.02 Å². The molecule has 3 N–H and O–H groups in total. The molecule has 126 valence electrons. The number of nitrogens with zero attached hydrogens (tertiary/aromatic N) is 3. The Bertz CT molecular complexity index is 640. The van der Waals surface area contributed by atoms with E-state index >= 15 is 0 Å². The van der Waals surface area contributed by atoms with Crippen LogP contribution in [0, 0.1) is 0 Å². The zero-order valence-corrected chi connectivity index (χ0v) is 14.7. The largest absolute Gasteiger partial charge is 0.318 e. The molecule has 1 atom stereocenters. The van der Waals surface area contributed by atoms with Crippen LogP contribution in [0.1, 0.15) is 32.3 Å². The van der Waals surface area contributed by atoms with E-state index in [1.165, 1.54) is 0 Å². The highest BCUT2D eigenvalue weighted by Crippen LogP contribution is 2.12. The van der Waals surface area contributed by atoms with Crippen LogP contribution in [-0.4, -0.2) is 26.2 Å². The van der Waals surface area contributed by atoms with Crippen molar-refractivity contribution >= 4 is 35.9 Å². The van der Waals surface area contributed by atoms with Crippen molar-refractivity contribution < 1.29 is 4.79 Å². The molecule has 0 saturated heterocycles. The van der Waals surface area contributed by atoms with E-state index in [4.69, 9.17) is 17.3 Å². The minimum Gasteiger partial charge on any atom is -0.318 e. The Balaban J connectivity index is 0.00000264. The van der Waals surface area contributed by atoms with Crippen LogP contribution in [-0.2, 0) is 11.3 Å². The van der Waals surface area contributed by atoms with Gasteiger partial charge in [-0.25, -0.2) is 9.67 Å². The Kier molecular flexibility index (Phi) is 7.00. The van der Waals surface area contributed by atoms with Gasteiger partial charge in [-0.05, 0) is 31.0 Å². The summed E-state index contributed by atoms with van der Waals surface area (Å²) in [4.78, 5) is 16.2. The summed E-state index contributed by atoms with van der Waals surface area (Å²) in [6.45, 7) is 4.24. The van der Waals surface area contributed by atoms with Gasteiger partial charge in [0.1, 0.15) is 6.33 Å². The van der Waals surface area contributed by atoms with Gasteiger partial charge in [0.2, 0.25) is 11.9 Å². The van der Waals surface area contributed by atoms with Crippen LogP contribution in [0.3, 0.4) is 0 Å². The van der Waals surface area contributed by atoms with Crippen LogP contribution in [0.25, 0.3) is 0 Å². The molecule has 0 aliphatic carbocycles. The molecule has 1 unspecified atom stereocenters. The number of hydrogen-bond donors (Lipinski definition) is 2. The van der Waals surface area contributed by atoms with Crippen molar-refractivity contribution in [2.24, 2.45) is 5.73 Å². The molecule has 1 aromatic carbocycles. The molecule has 6 nitrogen and oxygen atoms in total. The lowest BCUT2D eigenvalue weighted by atomic mass is 9.97. The van der Waals surface area contributed by atoms with Crippen molar-refractivity contribution in [2.75, 3.05) is 5.32 Å². The van der Waals surface area contributed by atoms with Gasteiger partial charge in [-0.2, -0.15) is 0 Å². The summed E-state index contributed by atoms with van der Waals surface area (Å²) in [5.41, 5.74) is 6.10. The fourth-order valence-electron chi connectivity index (χ4n) is 2.08. The monoisotopic (exact) mass is 357 g/mol. The van der Waals surface area contributed by atoms with Gasteiger partial charge >= 0.3 is 0 Å². The zero-order valence-electron chi connectivity index (χ0n) is 13.1. The molecule has 23 heavy (non-hydrogen) atoms. The number of anilines is 1. The molecule has 0 fully saturated rings. The molecular weight excluding hydrogens is 337 g/mol. The molecule has 8 heteroatoms. The van der Waals surface area contributed by atoms with Crippen LogP contribution >= 0.6 is 24.0 Å².